The number of carboxylic acids is 2. The highest BCUT2D eigenvalue weighted by Crippen LogP contribution is 2.46. The van der Waals surface area contributed by atoms with Crippen molar-refractivity contribution in [3.8, 4) is 0 Å². The molecule has 0 heterocycles. The number of carbonyl (C=O) groups is 2. The van der Waals surface area contributed by atoms with Gasteiger partial charge in [0, 0.05) is 0 Å². The zero-order chi connectivity index (χ0) is 15.8. The third kappa shape index (κ3) is 2.90. The van der Waals surface area contributed by atoms with Gasteiger partial charge in [-0.25, -0.2) is 0 Å². The van der Waals surface area contributed by atoms with Crippen molar-refractivity contribution in [2.24, 2.45) is 10.8 Å². The standard InChI is InChI=1S/C16H22O4/c1-5-9-15(10-6-2,13(17)18)16(11-7-3,12-8-4)14(19)20/h5-12H,1-4H3,(H,17,18)(H,19,20)/b9-5-,10-6-,11-7-,12-8-. The molecule has 20 heavy (non-hydrogen) atoms. The highest BCUT2D eigenvalue weighted by Gasteiger charge is 2.55. The van der Waals surface area contributed by atoms with Crippen molar-refractivity contribution in [3.05, 3.63) is 48.6 Å². The lowest BCUT2D eigenvalue weighted by Crippen LogP contribution is -2.48. The first-order valence-electron chi connectivity index (χ1n) is 6.40. The van der Waals surface area contributed by atoms with Gasteiger partial charge in [0.1, 0.15) is 10.8 Å². The average Bonchev–Trinajstić information content (AvgIpc) is 2.37. The Bertz CT molecular complexity index is 399. The highest BCUT2D eigenvalue weighted by molar-refractivity contribution is 5.93. The first-order chi connectivity index (χ1) is 9.38. The van der Waals surface area contributed by atoms with Gasteiger partial charge in [-0.15, -0.1) is 0 Å². The molecule has 0 saturated carbocycles. The fourth-order valence-corrected chi connectivity index (χ4v) is 2.35. The molecule has 0 rings (SSSR count). The summed E-state index contributed by atoms with van der Waals surface area (Å²) in [5.74, 6) is -2.43. The molecule has 0 spiro atoms. The van der Waals surface area contributed by atoms with E-state index in [0.717, 1.165) is 0 Å². The molecule has 4 nitrogen and oxygen atoms in total. The number of hydrogen-bond acceptors (Lipinski definition) is 2. The summed E-state index contributed by atoms with van der Waals surface area (Å²) in [7, 11) is 0. The second-order valence-corrected chi connectivity index (χ2v) is 4.35. The van der Waals surface area contributed by atoms with Crippen molar-refractivity contribution in [2.75, 3.05) is 0 Å². The first kappa shape index (κ1) is 17.9. The predicted molar refractivity (Wildman–Crippen MR) is 79.4 cm³/mol. The van der Waals surface area contributed by atoms with Crippen LogP contribution < -0.4 is 0 Å². The Morgan fingerprint density at radius 2 is 0.850 bits per heavy atom. The molecule has 0 bridgehead atoms. The van der Waals surface area contributed by atoms with Crippen LogP contribution >= 0.6 is 0 Å². The van der Waals surface area contributed by atoms with Crippen LogP contribution in [0.1, 0.15) is 27.7 Å². The summed E-state index contributed by atoms with van der Waals surface area (Å²) in [6, 6.07) is 0. The fourth-order valence-electron chi connectivity index (χ4n) is 2.35. The lowest BCUT2D eigenvalue weighted by molar-refractivity contribution is -0.158. The van der Waals surface area contributed by atoms with Gasteiger partial charge in [0.25, 0.3) is 0 Å². The molecule has 0 fully saturated rings. The Labute approximate surface area is 119 Å². The molecule has 0 atom stereocenters. The van der Waals surface area contributed by atoms with Crippen molar-refractivity contribution in [2.45, 2.75) is 27.7 Å². The molecule has 0 aliphatic heterocycles. The summed E-state index contributed by atoms with van der Waals surface area (Å²) in [4.78, 5) is 23.7. The van der Waals surface area contributed by atoms with E-state index in [1.165, 1.54) is 24.3 Å². The highest BCUT2D eigenvalue weighted by atomic mass is 16.4. The summed E-state index contributed by atoms with van der Waals surface area (Å²) in [5, 5.41) is 19.4. The van der Waals surface area contributed by atoms with Crippen molar-refractivity contribution in [1.82, 2.24) is 0 Å². The fraction of sp³-hybridized carbons (Fsp3) is 0.375. The number of rotatable bonds is 7. The third-order valence-corrected chi connectivity index (χ3v) is 3.11. The molecule has 0 aliphatic carbocycles. The lowest BCUT2D eigenvalue weighted by Gasteiger charge is -2.37. The van der Waals surface area contributed by atoms with Crippen molar-refractivity contribution in [1.29, 1.82) is 0 Å². The molecular weight excluding hydrogens is 256 g/mol. The number of aliphatic carboxylic acids is 2. The summed E-state index contributed by atoms with van der Waals surface area (Å²) in [6.07, 6.45) is 11.8. The van der Waals surface area contributed by atoms with Crippen LogP contribution in [0.5, 0.6) is 0 Å². The van der Waals surface area contributed by atoms with E-state index in [0.29, 0.717) is 0 Å². The topological polar surface area (TPSA) is 74.6 Å². The molecule has 0 saturated heterocycles. The summed E-state index contributed by atoms with van der Waals surface area (Å²) in [5.41, 5.74) is -3.36. The smallest absolute Gasteiger partial charge is 0.319 e. The van der Waals surface area contributed by atoms with Crippen LogP contribution in [-0.4, -0.2) is 22.2 Å². The third-order valence-electron chi connectivity index (χ3n) is 3.11. The molecule has 0 amide bonds. The van der Waals surface area contributed by atoms with Gasteiger partial charge in [-0.05, 0) is 27.7 Å². The van der Waals surface area contributed by atoms with E-state index >= 15 is 0 Å². The minimum atomic E-state index is -1.68. The molecule has 2 N–H and O–H groups in total. The lowest BCUT2D eigenvalue weighted by atomic mass is 9.62. The number of allylic oxidation sites excluding steroid dienone is 4. The quantitative estimate of drug-likeness (QED) is 0.700. The van der Waals surface area contributed by atoms with Gasteiger partial charge in [-0.1, -0.05) is 48.6 Å². The van der Waals surface area contributed by atoms with E-state index in [9.17, 15) is 19.8 Å². The van der Waals surface area contributed by atoms with Crippen molar-refractivity contribution >= 4 is 11.9 Å². The second kappa shape index (κ2) is 7.48. The predicted octanol–water partition coefficient (Wildman–Crippen LogP) is 3.43. The molecule has 0 aliphatic rings. The minimum Gasteiger partial charge on any atom is -0.480 e. The van der Waals surface area contributed by atoms with Crippen LogP contribution in [0, 0.1) is 10.8 Å². The Balaban J connectivity index is 6.71. The summed E-state index contributed by atoms with van der Waals surface area (Å²) >= 11 is 0. The SMILES string of the molecule is C/C=C\C(/C=C\C)(C(=O)O)C(/C=C\C)(/C=C\C)C(=O)O. The Kier molecular flexibility index (Phi) is 6.69. The maximum Gasteiger partial charge on any atom is 0.319 e. The van der Waals surface area contributed by atoms with E-state index < -0.39 is 22.8 Å². The zero-order valence-electron chi connectivity index (χ0n) is 12.3. The minimum absolute atomic E-state index is 1.22. The monoisotopic (exact) mass is 278 g/mol. The van der Waals surface area contributed by atoms with Crippen LogP contribution in [0.15, 0.2) is 48.6 Å². The average molecular weight is 278 g/mol. The molecule has 0 aromatic rings. The van der Waals surface area contributed by atoms with Gasteiger partial charge in [-0.2, -0.15) is 0 Å². The molecule has 0 aromatic carbocycles. The molecular formula is C16H22O4. The Hall–Kier alpha value is -2.10. The van der Waals surface area contributed by atoms with Crippen LogP contribution in [-0.2, 0) is 9.59 Å². The van der Waals surface area contributed by atoms with E-state index in [1.54, 1.807) is 52.0 Å². The molecule has 0 aromatic heterocycles. The van der Waals surface area contributed by atoms with E-state index in [1.807, 2.05) is 0 Å². The van der Waals surface area contributed by atoms with Gasteiger partial charge in [-0.3, -0.25) is 9.59 Å². The largest absolute Gasteiger partial charge is 0.480 e. The van der Waals surface area contributed by atoms with Gasteiger partial charge in [0.2, 0.25) is 0 Å². The molecule has 4 heteroatoms. The second-order valence-electron chi connectivity index (χ2n) is 4.35. The molecule has 110 valence electrons. The van der Waals surface area contributed by atoms with Crippen molar-refractivity contribution < 1.29 is 19.8 Å². The van der Waals surface area contributed by atoms with Gasteiger partial charge >= 0.3 is 11.9 Å². The van der Waals surface area contributed by atoms with Crippen LogP contribution in [0.4, 0.5) is 0 Å². The first-order valence-corrected chi connectivity index (χ1v) is 6.40. The van der Waals surface area contributed by atoms with Crippen LogP contribution in [0.25, 0.3) is 0 Å². The van der Waals surface area contributed by atoms with Crippen molar-refractivity contribution in [3.63, 3.8) is 0 Å². The zero-order valence-corrected chi connectivity index (χ0v) is 12.3. The maximum atomic E-state index is 11.9. The van der Waals surface area contributed by atoms with Gasteiger partial charge in [0.15, 0.2) is 0 Å². The summed E-state index contributed by atoms with van der Waals surface area (Å²) < 4.78 is 0. The van der Waals surface area contributed by atoms with E-state index in [-0.39, 0.29) is 0 Å². The molecule has 0 radical (unpaired) electrons. The summed E-state index contributed by atoms with van der Waals surface area (Å²) in [6.45, 7) is 6.66. The number of hydrogen-bond donors (Lipinski definition) is 2. The number of carboxylic acid groups (broad SMARTS) is 2. The van der Waals surface area contributed by atoms with Gasteiger partial charge < -0.3 is 10.2 Å². The van der Waals surface area contributed by atoms with Gasteiger partial charge in [0.05, 0.1) is 0 Å². The van der Waals surface area contributed by atoms with Crippen LogP contribution in [0.2, 0.25) is 0 Å². The molecule has 0 unspecified atom stereocenters. The maximum absolute atomic E-state index is 11.9. The Morgan fingerprint density at radius 3 is 0.950 bits per heavy atom. The van der Waals surface area contributed by atoms with E-state index in [2.05, 4.69) is 0 Å². The Morgan fingerprint density at radius 1 is 0.650 bits per heavy atom. The van der Waals surface area contributed by atoms with Crippen LogP contribution in [0.3, 0.4) is 0 Å². The normalized spacial score (nSPS) is 14.0. The van der Waals surface area contributed by atoms with E-state index in [4.69, 9.17) is 0 Å².